The number of nitrogens with one attached hydrogen (secondary N) is 1. The van der Waals surface area contributed by atoms with E-state index in [0.717, 1.165) is 10.0 Å². The zero-order valence-corrected chi connectivity index (χ0v) is 13.3. The number of carbonyl (C=O) groups is 1. The highest BCUT2D eigenvalue weighted by atomic mass is 79.9. The average molecular weight is 334 g/mol. The smallest absolute Gasteiger partial charge is 0.241 e. The predicted molar refractivity (Wildman–Crippen MR) is 79.9 cm³/mol. The molecule has 1 atom stereocenters. The molecule has 5 heteroatoms. The summed E-state index contributed by atoms with van der Waals surface area (Å²) >= 11 is 9.43. The highest BCUT2D eigenvalue weighted by Crippen LogP contribution is 2.29. The van der Waals surface area contributed by atoms with E-state index in [2.05, 4.69) is 21.2 Å². The fourth-order valence-electron chi connectivity index (χ4n) is 1.35. The number of anilines is 1. The van der Waals surface area contributed by atoms with Gasteiger partial charge in [-0.2, -0.15) is 0 Å². The van der Waals surface area contributed by atoms with Gasteiger partial charge in [-0.1, -0.05) is 32.4 Å². The molecule has 1 unspecified atom stereocenters. The van der Waals surface area contributed by atoms with Gasteiger partial charge in [-0.25, -0.2) is 0 Å². The molecule has 0 bridgehead atoms. The topological polar surface area (TPSA) is 55.1 Å². The van der Waals surface area contributed by atoms with E-state index in [1.807, 2.05) is 33.8 Å². The van der Waals surface area contributed by atoms with Crippen LogP contribution in [0.2, 0.25) is 5.02 Å². The van der Waals surface area contributed by atoms with E-state index >= 15 is 0 Å². The Bertz CT molecular complexity index is 469. The van der Waals surface area contributed by atoms with E-state index < -0.39 is 6.04 Å². The molecule has 0 heterocycles. The van der Waals surface area contributed by atoms with Crippen LogP contribution in [0.15, 0.2) is 16.6 Å². The van der Waals surface area contributed by atoms with Crippen LogP contribution < -0.4 is 11.1 Å². The lowest BCUT2D eigenvalue weighted by Gasteiger charge is -2.26. The van der Waals surface area contributed by atoms with E-state index in [0.29, 0.717) is 10.7 Å². The molecular weight excluding hydrogens is 316 g/mol. The van der Waals surface area contributed by atoms with Crippen LogP contribution in [-0.2, 0) is 4.79 Å². The average Bonchev–Trinajstić information content (AvgIpc) is 2.23. The number of nitrogens with two attached hydrogens (primary N) is 1. The molecule has 0 radical (unpaired) electrons. The fraction of sp³-hybridized carbons (Fsp3) is 0.462. The molecule has 1 rings (SSSR count). The summed E-state index contributed by atoms with van der Waals surface area (Å²) in [4.78, 5) is 12.0. The number of hydrogen-bond acceptors (Lipinski definition) is 2. The number of halogens is 2. The van der Waals surface area contributed by atoms with Gasteiger partial charge >= 0.3 is 0 Å². The molecule has 0 saturated heterocycles. The molecular formula is C13H18BrClN2O. The van der Waals surface area contributed by atoms with Gasteiger partial charge in [-0.15, -0.1) is 0 Å². The van der Waals surface area contributed by atoms with Crippen LogP contribution in [0.1, 0.15) is 26.3 Å². The maximum absolute atomic E-state index is 12.0. The van der Waals surface area contributed by atoms with Gasteiger partial charge in [0.1, 0.15) is 0 Å². The minimum Gasteiger partial charge on any atom is -0.324 e. The van der Waals surface area contributed by atoms with Crippen molar-refractivity contribution in [3.63, 3.8) is 0 Å². The monoisotopic (exact) mass is 332 g/mol. The van der Waals surface area contributed by atoms with Gasteiger partial charge in [0.2, 0.25) is 5.91 Å². The fourth-order valence-corrected chi connectivity index (χ4v) is 2.07. The first-order valence-electron chi connectivity index (χ1n) is 5.65. The molecule has 100 valence electrons. The molecule has 0 spiro atoms. The minimum atomic E-state index is -0.579. The summed E-state index contributed by atoms with van der Waals surface area (Å²) in [5.74, 6) is -0.219. The Hall–Kier alpha value is -0.580. The number of rotatable bonds is 2. The van der Waals surface area contributed by atoms with Gasteiger partial charge < -0.3 is 11.1 Å². The molecule has 0 fully saturated rings. The highest BCUT2D eigenvalue weighted by Gasteiger charge is 2.27. The summed E-state index contributed by atoms with van der Waals surface area (Å²) in [6.07, 6.45) is 0. The van der Waals surface area contributed by atoms with Crippen molar-refractivity contribution in [3.8, 4) is 0 Å². The van der Waals surface area contributed by atoms with Crippen molar-refractivity contribution in [1.82, 2.24) is 0 Å². The molecule has 18 heavy (non-hydrogen) atoms. The van der Waals surface area contributed by atoms with E-state index in [1.165, 1.54) is 0 Å². The zero-order chi connectivity index (χ0) is 14.1. The first kappa shape index (κ1) is 15.5. The van der Waals surface area contributed by atoms with Crippen LogP contribution in [0.25, 0.3) is 0 Å². The third-order valence-electron chi connectivity index (χ3n) is 2.72. The van der Waals surface area contributed by atoms with Crippen LogP contribution >= 0.6 is 27.5 Å². The van der Waals surface area contributed by atoms with Crippen LogP contribution in [0.5, 0.6) is 0 Å². The summed E-state index contributed by atoms with van der Waals surface area (Å²) < 4.78 is 0.791. The van der Waals surface area contributed by atoms with Crippen LogP contribution in [0.3, 0.4) is 0 Å². The molecule has 1 aromatic rings. The molecule has 0 aliphatic heterocycles. The molecule has 1 amide bonds. The summed E-state index contributed by atoms with van der Waals surface area (Å²) in [7, 11) is 0. The van der Waals surface area contributed by atoms with Crippen molar-refractivity contribution in [1.29, 1.82) is 0 Å². The summed E-state index contributed by atoms with van der Waals surface area (Å²) in [5.41, 5.74) is 7.19. The largest absolute Gasteiger partial charge is 0.324 e. The van der Waals surface area contributed by atoms with E-state index in [1.54, 1.807) is 6.07 Å². The maximum atomic E-state index is 12.0. The van der Waals surface area contributed by atoms with Gasteiger partial charge in [-0.3, -0.25) is 4.79 Å². The third-order valence-corrected chi connectivity index (χ3v) is 3.78. The van der Waals surface area contributed by atoms with E-state index in [4.69, 9.17) is 17.3 Å². The van der Waals surface area contributed by atoms with Crippen LogP contribution in [0.4, 0.5) is 5.69 Å². The molecule has 3 N–H and O–H groups in total. The summed E-state index contributed by atoms with van der Waals surface area (Å²) in [6.45, 7) is 7.68. The molecule has 1 aromatic carbocycles. The third kappa shape index (κ3) is 3.70. The Kier molecular flexibility index (Phi) is 4.81. The Morgan fingerprint density at radius 1 is 1.44 bits per heavy atom. The molecule has 0 saturated carbocycles. The lowest BCUT2D eigenvalue weighted by Crippen LogP contribution is -2.45. The number of benzene rings is 1. The second kappa shape index (κ2) is 5.59. The Balaban J connectivity index is 2.92. The number of amides is 1. The Morgan fingerprint density at radius 3 is 2.50 bits per heavy atom. The van der Waals surface area contributed by atoms with Crippen molar-refractivity contribution >= 4 is 39.1 Å². The molecule has 3 nitrogen and oxygen atoms in total. The maximum Gasteiger partial charge on any atom is 0.241 e. The van der Waals surface area contributed by atoms with Gasteiger partial charge in [0.05, 0.1) is 11.7 Å². The predicted octanol–water partition coefficient (Wildman–Crippen LogP) is 3.72. The van der Waals surface area contributed by atoms with E-state index in [9.17, 15) is 4.79 Å². The zero-order valence-electron chi connectivity index (χ0n) is 11.0. The minimum absolute atomic E-state index is 0.219. The van der Waals surface area contributed by atoms with Crippen molar-refractivity contribution in [3.05, 3.63) is 27.2 Å². The van der Waals surface area contributed by atoms with Crippen molar-refractivity contribution in [2.45, 2.75) is 33.7 Å². The van der Waals surface area contributed by atoms with Crippen LogP contribution in [-0.4, -0.2) is 11.9 Å². The Morgan fingerprint density at radius 2 is 2.00 bits per heavy atom. The van der Waals surface area contributed by atoms with Gasteiger partial charge in [0.25, 0.3) is 0 Å². The number of carbonyl (C=O) groups excluding carboxylic acids is 1. The van der Waals surface area contributed by atoms with Crippen molar-refractivity contribution in [2.24, 2.45) is 11.1 Å². The van der Waals surface area contributed by atoms with Crippen molar-refractivity contribution < 1.29 is 4.79 Å². The van der Waals surface area contributed by atoms with Gasteiger partial charge in [-0.05, 0) is 46.0 Å². The molecule has 0 aliphatic rings. The number of aryl methyl sites for hydroxylation is 1. The summed E-state index contributed by atoms with van der Waals surface area (Å²) in [5, 5.41) is 3.40. The lowest BCUT2D eigenvalue weighted by atomic mass is 9.87. The second-order valence-corrected chi connectivity index (χ2v) is 6.68. The first-order chi connectivity index (χ1) is 8.12. The summed E-state index contributed by atoms with van der Waals surface area (Å²) in [6, 6.07) is 3.00. The second-order valence-electron chi connectivity index (χ2n) is 5.41. The lowest BCUT2D eigenvalue weighted by molar-refractivity contribution is -0.119. The van der Waals surface area contributed by atoms with Crippen LogP contribution in [0, 0.1) is 12.3 Å². The van der Waals surface area contributed by atoms with Gasteiger partial charge in [0, 0.05) is 9.50 Å². The Labute approximate surface area is 121 Å². The number of hydrogen-bond donors (Lipinski definition) is 2. The molecule has 0 aromatic heterocycles. The van der Waals surface area contributed by atoms with Crippen molar-refractivity contribution in [2.75, 3.05) is 5.32 Å². The quantitative estimate of drug-likeness (QED) is 0.866. The van der Waals surface area contributed by atoms with Gasteiger partial charge in [0.15, 0.2) is 0 Å². The molecule has 0 aliphatic carbocycles. The SMILES string of the molecule is Cc1cc(Br)c(NC(=O)C(N)C(C)(C)C)cc1Cl. The normalized spacial score (nSPS) is 13.3. The van der Waals surface area contributed by atoms with E-state index in [-0.39, 0.29) is 11.3 Å². The highest BCUT2D eigenvalue weighted by molar-refractivity contribution is 9.10. The first-order valence-corrected chi connectivity index (χ1v) is 6.82. The standard InChI is InChI=1S/C13H18BrClN2O/c1-7-5-8(14)10(6-9(7)15)17-12(18)11(16)13(2,3)4/h5-6,11H,16H2,1-4H3,(H,17,18).